The van der Waals surface area contributed by atoms with Crippen LogP contribution in [0.15, 0.2) is 11.8 Å². The summed E-state index contributed by atoms with van der Waals surface area (Å²) < 4.78 is 23.0. The number of amides is 2. The average Bonchev–Trinajstić information content (AvgIpc) is 3.31. The number of fused-ring (bicyclic) bond motifs is 2. The van der Waals surface area contributed by atoms with Crippen molar-refractivity contribution in [2.75, 3.05) is 26.8 Å². The van der Waals surface area contributed by atoms with Crippen molar-refractivity contribution in [2.24, 2.45) is 0 Å². The predicted octanol–water partition coefficient (Wildman–Crippen LogP) is 6.65. The van der Waals surface area contributed by atoms with Gasteiger partial charge in [-0.3, -0.25) is 4.90 Å². The molecule has 43 heavy (non-hydrogen) atoms. The Hall–Kier alpha value is -2.44. The Kier molecular flexibility index (Phi) is 10.5. The molecule has 1 aromatic rings. The van der Waals surface area contributed by atoms with Crippen molar-refractivity contribution in [3.05, 3.63) is 21.7 Å². The van der Waals surface area contributed by atoms with E-state index in [1.54, 1.807) is 48.1 Å². The summed E-state index contributed by atoms with van der Waals surface area (Å²) >= 11 is 1.55. The van der Waals surface area contributed by atoms with Crippen LogP contribution in [0.5, 0.6) is 0 Å². The number of ether oxygens (including phenoxy) is 3. The van der Waals surface area contributed by atoms with Crippen LogP contribution in [0.25, 0.3) is 5.57 Å². The van der Waals surface area contributed by atoms with Gasteiger partial charge in [0.1, 0.15) is 11.2 Å². The van der Waals surface area contributed by atoms with Gasteiger partial charge in [0.2, 0.25) is 0 Å². The van der Waals surface area contributed by atoms with E-state index < -0.39 is 49.8 Å². The smallest absolute Gasteiger partial charge is 0.411 e. The fraction of sp³-hybridized carbons (Fsp3) is 0.742. The molecule has 2 atom stereocenters. The molecule has 0 spiro atoms. The molecule has 1 fully saturated rings. The van der Waals surface area contributed by atoms with Crippen molar-refractivity contribution in [3.63, 3.8) is 0 Å². The van der Waals surface area contributed by atoms with Crippen molar-refractivity contribution < 1.29 is 33.0 Å². The van der Waals surface area contributed by atoms with Crippen LogP contribution in [0.4, 0.5) is 9.59 Å². The van der Waals surface area contributed by atoms with Gasteiger partial charge in [-0.2, -0.15) is 0 Å². The number of nitrogens with zero attached hydrogens (tertiary/aromatic N) is 3. The number of piperazine rings is 1. The lowest BCUT2D eigenvalue weighted by molar-refractivity contribution is -0.137. The van der Waals surface area contributed by atoms with Crippen molar-refractivity contribution in [2.45, 2.75) is 123 Å². The van der Waals surface area contributed by atoms with E-state index in [1.165, 1.54) is 7.11 Å². The molecule has 0 N–H and O–H groups in total. The highest BCUT2D eigenvalue weighted by Gasteiger charge is 2.50. The van der Waals surface area contributed by atoms with Gasteiger partial charge >= 0.3 is 18.2 Å². The summed E-state index contributed by atoms with van der Waals surface area (Å²) in [7, 11) is -0.492. The molecule has 242 valence electrons. The molecule has 10 nitrogen and oxygen atoms in total. The molecular weight excluding hydrogens is 587 g/mol. The maximum absolute atomic E-state index is 13.5. The first kappa shape index (κ1) is 35.0. The fourth-order valence-electron chi connectivity index (χ4n) is 4.91. The minimum atomic E-state index is -1.82. The minimum Gasteiger partial charge on any atom is -0.466 e. The Balaban J connectivity index is 1.92. The number of hydrogen-bond acceptors (Lipinski definition) is 9. The highest BCUT2D eigenvalue weighted by Crippen LogP contribution is 2.42. The normalized spacial score (nSPS) is 19.8. The van der Waals surface area contributed by atoms with Gasteiger partial charge < -0.3 is 23.5 Å². The molecule has 1 aromatic heterocycles. The van der Waals surface area contributed by atoms with Crippen LogP contribution >= 0.6 is 11.3 Å². The molecule has 0 aromatic carbocycles. The highest BCUT2D eigenvalue weighted by molar-refractivity contribution is 7.12. The van der Waals surface area contributed by atoms with Crippen molar-refractivity contribution in [1.82, 2.24) is 14.8 Å². The van der Waals surface area contributed by atoms with Gasteiger partial charge in [-0.05, 0) is 78.1 Å². The van der Waals surface area contributed by atoms with Gasteiger partial charge in [0.25, 0.3) is 0 Å². The Labute approximate surface area is 262 Å². The van der Waals surface area contributed by atoms with E-state index in [2.05, 4.69) is 38.8 Å². The number of carbonyl (C=O) groups is 3. The molecule has 3 heterocycles. The molecule has 12 heteroatoms. The second kappa shape index (κ2) is 12.9. The third-order valence-electron chi connectivity index (χ3n) is 7.97. The first-order chi connectivity index (χ1) is 19.6. The van der Waals surface area contributed by atoms with Crippen molar-refractivity contribution in [3.8, 4) is 0 Å². The van der Waals surface area contributed by atoms with E-state index in [4.69, 9.17) is 18.6 Å². The summed E-state index contributed by atoms with van der Waals surface area (Å²) in [5.41, 5.74) is -0.275. The second-order valence-electron chi connectivity index (χ2n) is 14.9. The van der Waals surface area contributed by atoms with E-state index in [1.807, 2.05) is 20.8 Å². The first-order valence-corrected chi connectivity index (χ1v) is 18.8. The number of aromatic nitrogens is 1. The number of carbonyl (C=O) groups excluding carboxylic acids is 3. The molecule has 0 radical (unpaired) electrons. The molecule has 2 aliphatic heterocycles. The molecule has 0 saturated carbocycles. The standard InChI is InChI=1S/C31H51N3O7SSi/c1-29(2,3)40-27(36)33-18-20-16-21(23-17-32-24(42-23)14-13-15-39-43(11,12)31(7,8)9)25(26(35)38-10)22(19-33)34(20)28(37)41-30(4,5)6/h17,20,22H,13-16,18-19H2,1-12H3. The zero-order chi connectivity index (χ0) is 32.5. The van der Waals surface area contributed by atoms with Gasteiger partial charge in [0.15, 0.2) is 8.32 Å². The molecule has 1 saturated heterocycles. The van der Waals surface area contributed by atoms with E-state index in [-0.39, 0.29) is 18.1 Å². The Morgan fingerprint density at radius 2 is 1.58 bits per heavy atom. The van der Waals surface area contributed by atoms with Crippen LogP contribution < -0.4 is 0 Å². The van der Waals surface area contributed by atoms with Crippen LogP contribution in [0.2, 0.25) is 18.1 Å². The summed E-state index contributed by atoms with van der Waals surface area (Å²) in [5.74, 6) is -0.546. The van der Waals surface area contributed by atoms with E-state index in [9.17, 15) is 14.4 Å². The fourth-order valence-corrected chi connectivity index (χ4v) is 7.02. The zero-order valence-corrected chi connectivity index (χ0v) is 29.9. The molecule has 0 aliphatic carbocycles. The average molecular weight is 638 g/mol. The van der Waals surface area contributed by atoms with Crippen LogP contribution in [0.1, 0.15) is 85.0 Å². The zero-order valence-electron chi connectivity index (χ0n) is 28.1. The monoisotopic (exact) mass is 637 g/mol. The maximum Gasteiger partial charge on any atom is 0.411 e. The Bertz CT molecular complexity index is 1220. The van der Waals surface area contributed by atoms with E-state index >= 15 is 0 Å². The van der Waals surface area contributed by atoms with Crippen molar-refractivity contribution in [1.29, 1.82) is 0 Å². The number of aryl methyl sites for hydroxylation is 1. The number of hydrogen-bond donors (Lipinski definition) is 0. The van der Waals surface area contributed by atoms with Crippen LogP contribution in [-0.4, -0.2) is 91.3 Å². The molecular formula is C31H51N3O7SSi. The number of thiazole rings is 1. The summed E-state index contributed by atoms with van der Waals surface area (Å²) in [6, 6.07) is -1.19. The van der Waals surface area contributed by atoms with Gasteiger partial charge in [-0.15, -0.1) is 11.3 Å². The van der Waals surface area contributed by atoms with E-state index in [0.29, 0.717) is 18.6 Å². The lowest BCUT2D eigenvalue weighted by atomic mass is 9.84. The summed E-state index contributed by atoms with van der Waals surface area (Å²) in [4.78, 5) is 48.7. The summed E-state index contributed by atoms with van der Waals surface area (Å²) in [6.07, 6.45) is 2.75. The molecule has 2 aliphatic rings. The lowest BCUT2D eigenvalue weighted by Crippen LogP contribution is -2.65. The topological polar surface area (TPSA) is 108 Å². The van der Waals surface area contributed by atoms with E-state index in [0.717, 1.165) is 28.3 Å². The highest BCUT2D eigenvalue weighted by atomic mass is 32.1. The van der Waals surface area contributed by atoms with Gasteiger partial charge in [0, 0.05) is 32.3 Å². The molecule has 2 unspecified atom stereocenters. The quantitative estimate of drug-likeness (QED) is 0.142. The summed E-state index contributed by atoms with van der Waals surface area (Å²) in [6.45, 7) is 23.0. The number of esters is 1. The lowest BCUT2D eigenvalue weighted by Gasteiger charge is -2.50. The Morgan fingerprint density at radius 1 is 0.977 bits per heavy atom. The molecule has 3 rings (SSSR count). The third-order valence-corrected chi connectivity index (χ3v) is 13.6. The number of rotatable bonds is 7. The molecule has 2 amide bonds. The van der Waals surface area contributed by atoms with Gasteiger partial charge in [-0.1, -0.05) is 20.8 Å². The largest absolute Gasteiger partial charge is 0.466 e. The summed E-state index contributed by atoms with van der Waals surface area (Å²) in [5, 5.41) is 1.12. The number of methoxy groups -OCH3 is 1. The minimum absolute atomic E-state index is 0.0784. The SMILES string of the molecule is COC(=O)C1=C(c2cnc(CCCO[Si](C)(C)C(C)(C)C)s2)CC2CN(C(=O)OC(C)(C)C)CC1N2C(=O)OC(C)(C)C. The van der Waals surface area contributed by atoms with Crippen LogP contribution in [-0.2, 0) is 29.9 Å². The third kappa shape index (κ3) is 8.82. The molecule has 2 bridgehead atoms. The van der Waals surface area contributed by atoms with Gasteiger partial charge in [-0.25, -0.2) is 19.4 Å². The van der Waals surface area contributed by atoms with Gasteiger partial charge in [0.05, 0.1) is 34.7 Å². The van der Waals surface area contributed by atoms with Crippen molar-refractivity contribution >= 4 is 43.4 Å². The Morgan fingerprint density at radius 3 is 2.14 bits per heavy atom. The van der Waals surface area contributed by atoms with Crippen LogP contribution in [0, 0.1) is 0 Å². The maximum atomic E-state index is 13.5. The van der Waals surface area contributed by atoms with Crippen LogP contribution in [0.3, 0.4) is 0 Å². The predicted molar refractivity (Wildman–Crippen MR) is 171 cm³/mol. The second-order valence-corrected chi connectivity index (χ2v) is 20.8. The first-order valence-electron chi connectivity index (χ1n) is 15.0.